The second kappa shape index (κ2) is 10.2. The SMILES string of the molecule is CC(C)(C)OC(=O)NN(C(=O)OC(C)(C)C)c1ccc2c(cc(-c3cscn3)n2Cc2ccccc2)n1. The number of carbonyl (C=O) groups is 2. The van der Waals surface area contributed by atoms with Crippen molar-refractivity contribution in [2.24, 2.45) is 0 Å². The van der Waals surface area contributed by atoms with Gasteiger partial charge in [0.25, 0.3) is 0 Å². The van der Waals surface area contributed by atoms with E-state index in [0.717, 1.165) is 27.5 Å². The number of hydrazine groups is 1. The van der Waals surface area contributed by atoms with Gasteiger partial charge in [-0.25, -0.2) is 25.0 Å². The molecule has 1 aromatic carbocycles. The Morgan fingerprint density at radius 3 is 2.32 bits per heavy atom. The lowest BCUT2D eigenvalue weighted by Crippen LogP contribution is -2.50. The van der Waals surface area contributed by atoms with Crippen molar-refractivity contribution in [3.05, 3.63) is 65.0 Å². The number of nitrogens with one attached hydrogen (secondary N) is 1. The van der Waals surface area contributed by atoms with Crippen molar-refractivity contribution in [2.45, 2.75) is 59.3 Å². The number of rotatable bonds is 4. The standard InChI is InChI=1S/C27H31N5O4S/c1-26(2,3)35-24(33)30-32(25(34)36-27(4,5)6)23-13-12-21-19(29-23)14-22(20-16-37-17-28-20)31(21)15-18-10-8-7-9-11-18/h7-14,16-17H,15H2,1-6H3,(H,30,33). The number of anilines is 1. The summed E-state index contributed by atoms with van der Waals surface area (Å²) in [5, 5.41) is 2.95. The van der Waals surface area contributed by atoms with Crippen LogP contribution < -0.4 is 10.4 Å². The van der Waals surface area contributed by atoms with Crippen LogP contribution >= 0.6 is 11.3 Å². The zero-order valence-electron chi connectivity index (χ0n) is 21.8. The second-order valence-electron chi connectivity index (χ2n) is 10.5. The molecule has 0 aliphatic rings. The first-order chi connectivity index (χ1) is 17.4. The fourth-order valence-corrected chi connectivity index (χ4v) is 4.18. The molecular formula is C27H31N5O4S. The molecular weight excluding hydrogens is 490 g/mol. The number of carbonyl (C=O) groups excluding carboxylic acids is 2. The molecule has 0 unspecified atom stereocenters. The Hall–Kier alpha value is -3.92. The maximum absolute atomic E-state index is 13.1. The largest absolute Gasteiger partial charge is 0.443 e. The highest BCUT2D eigenvalue weighted by atomic mass is 32.1. The minimum Gasteiger partial charge on any atom is -0.443 e. The summed E-state index contributed by atoms with van der Waals surface area (Å²) in [5.41, 5.74) is 7.08. The summed E-state index contributed by atoms with van der Waals surface area (Å²) in [6.45, 7) is 11.1. The molecule has 2 amide bonds. The summed E-state index contributed by atoms with van der Waals surface area (Å²) in [7, 11) is 0. The summed E-state index contributed by atoms with van der Waals surface area (Å²) >= 11 is 1.51. The third kappa shape index (κ3) is 6.65. The summed E-state index contributed by atoms with van der Waals surface area (Å²) in [6, 6.07) is 15.6. The van der Waals surface area contributed by atoms with E-state index in [4.69, 9.17) is 14.5 Å². The van der Waals surface area contributed by atoms with Gasteiger partial charge in [0, 0.05) is 11.9 Å². The van der Waals surface area contributed by atoms with Crippen LogP contribution in [0.1, 0.15) is 47.1 Å². The van der Waals surface area contributed by atoms with Crippen LogP contribution in [0.15, 0.2) is 59.4 Å². The molecule has 3 aromatic heterocycles. The molecule has 0 aliphatic heterocycles. The Balaban J connectivity index is 1.76. The number of benzene rings is 1. The van der Waals surface area contributed by atoms with Crippen LogP contribution in [0.3, 0.4) is 0 Å². The van der Waals surface area contributed by atoms with E-state index < -0.39 is 23.4 Å². The van der Waals surface area contributed by atoms with E-state index in [1.54, 1.807) is 53.1 Å². The molecule has 0 fully saturated rings. The average molecular weight is 522 g/mol. The van der Waals surface area contributed by atoms with Gasteiger partial charge >= 0.3 is 12.2 Å². The highest BCUT2D eigenvalue weighted by Crippen LogP contribution is 2.30. The van der Waals surface area contributed by atoms with E-state index in [9.17, 15) is 9.59 Å². The fourth-order valence-electron chi connectivity index (χ4n) is 3.64. The van der Waals surface area contributed by atoms with Crippen LogP contribution in [0.5, 0.6) is 0 Å². The molecule has 10 heteroatoms. The minimum atomic E-state index is -0.801. The van der Waals surface area contributed by atoms with Gasteiger partial charge in [0.15, 0.2) is 5.82 Å². The van der Waals surface area contributed by atoms with Gasteiger partial charge in [-0.2, -0.15) is 5.01 Å². The van der Waals surface area contributed by atoms with Crippen LogP contribution in [-0.4, -0.2) is 37.9 Å². The molecule has 37 heavy (non-hydrogen) atoms. The van der Waals surface area contributed by atoms with Gasteiger partial charge < -0.3 is 14.0 Å². The third-order valence-corrected chi connectivity index (χ3v) is 5.61. The van der Waals surface area contributed by atoms with Crippen LogP contribution in [0.25, 0.3) is 22.4 Å². The second-order valence-corrected chi connectivity index (χ2v) is 11.2. The van der Waals surface area contributed by atoms with Crippen molar-refractivity contribution < 1.29 is 19.1 Å². The van der Waals surface area contributed by atoms with E-state index in [0.29, 0.717) is 12.1 Å². The highest BCUT2D eigenvalue weighted by Gasteiger charge is 2.29. The molecule has 4 aromatic rings. The van der Waals surface area contributed by atoms with Gasteiger partial charge in [0.2, 0.25) is 0 Å². The number of aromatic nitrogens is 3. The summed E-state index contributed by atoms with van der Waals surface area (Å²) < 4.78 is 13.0. The van der Waals surface area contributed by atoms with Crippen LogP contribution in [0, 0.1) is 0 Å². The zero-order chi connectivity index (χ0) is 26.8. The molecule has 0 saturated carbocycles. The quantitative estimate of drug-likeness (QED) is 0.313. The molecule has 4 rings (SSSR count). The lowest BCUT2D eigenvalue weighted by molar-refractivity contribution is 0.0424. The molecule has 9 nitrogen and oxygen atoms in total. The van der Waals surface area contributed by atoms with Crippen molar-refractivity contribution in [3.8, 4) is 11.4 Å². The minimum absolute atomic E-state index is 0.189. The number of ether oxygens (including phenoxy) is 2. The van der Waals surface area contributed by atoms with Crippen molar-refractivity contribution in [1.29, 1.82) is 0 Å². The van der Waals surface area contributed by atoms with Gasteiger partial charge in [-0.3, -0.25) is 0 Å². The Labute approximate surface area is 220 Å². The monoisotopic (exact) mass is 521 g/mol. The van der Waals surface area contributed by atoms with E-state index in [1.807, 2.05) is 35.7 Å². The first-order valence-corrected chi connectivity index (χ1v) is 12.8. The molecule has 0 spiro atoms. The number of fused-ring (bicyclic) bond motifs is 1. The summed E-state index contributed by atoms with van der Waals surface area (Å²) in [6.07, 6.45) is -1.58. The Kier molecular flexibility index (Phi) is 7.22. The molecule has 0 bridgehead atoms. The lowest BCUT2D eigenvalue weighted by atomic mass is 10.2. The Morgan fingerprint density at radius 2 is 1.70 bits per heavy atom. The molecule has 0 radical (unpaired) electrons. The van der Waals surface area contributed by atoms with Crippen LogP contribution in [-0.2, 0) is 16.0 Å². The number of nitrogens with zero attached hydrogens (tertiary/aromatic N) is 4. The number of hydrogen-bond acceptors (Lipinski definition) is 7. The normalized spacial score (nSPS) is 11.8. The third-order valence-electron chi connectivity index (χ3n) is 5.03. The zero-order valence-corrected chi connectivity index (χ0v) is 22.6. The highest BCUT2D eigenvalue weighted by molar-refractivity contribution is 7.07. The maximum atomic E-state index is 13.1. The summed E-state index contributed by atoms with van der Waals surface area (Å²) in [5.74, 6) is 0.189. The van der Waals surface area contributed by atoms with Gasteiger partial charge in [0.05, 0.1) is 27.9 Å². The van der Waals surface area contributed by atoms with Crippen molar-refractivity contribution in [1.82, 2.24) is 20.0 Å². The van der Waals surface area contributed by atoms with Gasteiger partial charge in [-0.05, 0) is 65.3 Å². The van der Waals surface area contributed by atoms with Gasteiger partial charge in [0.1, 0.15) is 11.2 Å². The summed E-state index contributed by atoms with van der Waals surface area (Å²) in [4.78, 5) is 34.9. The van der Waals surface area contributed by atoms with E-state index >= 15 is 0 Å². The maximum Gasteiger partial charge on any atom is 0.435 e. The predicted octanol–water partition coefficient (Wildman–Crippen LogP) is 6.39. The molecule has 1 N–H and O–H groups in total. The van der Waals surface area contributed by atoms with Crippen molar-refractivity contribution in [2.75, 3.05) is 5.01 Å². The smallest absolute Gasteiger partial charge is 0.435 e. The van der Waals surface area contributed by atoms with Crippen molar-refractivity contribution in [3.63, 3.8) is 0 Å². The molecule has 0 saturated heterocycles. The molecule has 194 valence electrons. The van der Waals surface area contributed by atoms with E-state index in [1.165, 1.54) is 11.3 Å². The topological polar surface area (TPSA) is 98.6 Å². The predicted molar refractivity (Wildman–Crippen MR) is 144 cm³/mol. The number of hydrogen-bond donors (Lipinski definition) is 1. The molecule has 0 atom stereocenters. The van der Waals surface area contributed by atoms with E-state index in [2.05, 4.69) is 27.1 Å². The number of amides is 2. The number of pyridine rings is 1. The van der Waals surface area contributed by atoms with Crippen LogP contribution in [0.2, 0.25) is 0 Å². The van der Waals surface area contributed by atoms with E-state index in [-0.39, 0.29) is 5.82 Å². The molecule has 0 aliphatic carbocycles. The van der Waals surface area contributed by atoms with Crippen LogP contribution in [0.4, 0.5) is 15.4 Å². The lowest BCUT2D eigenvalue weighted by Gasteiger charge is -2.28. The number of thiazole rings is 1. The first-order valence-electron chi connectivity index (χ1n) is 11.9. The Bertz CT molecular complexity index is 1390. The Morgan fingerprint density at radius 1 is 1.00 bits per heavy atom. The first kappa shape index (κ1) is 26.2. The molecule has 3 heterocycles. The average Bonchev–Trinajstić information content (AvgIpc) is 3.44. The van der Waals surface area contributed by atoms with Crippen molar-refractivity contribution >= 4 is 40.4 Å². The van der Waals surface area contributed by atoms with Gasteiger partial charge in [-0.15, -0.1) is 11.3 Å². The fraction of sp³-hybridized carbons (Fsp3) is 0.333. The van der Waals surface area contributed by atoms with Gasteiger partial charge in [-0.1, -0.05) is 30.3 Å².